The lowest BCUT2D eigenvalue weighted by Gasteiger charge is -2.28. The second-order valence-electron chi connectivity index (χ2n) is 9.79. The fourth-order valence-electron chi connectivity index (χ4n) is 4.61. The Hall–Kier alpha value is -2.77. The van der Waals surface area contributed by atoms with Crippen molar-refractivity contribution >= 4 is 5.97 Å². The molecule has 5 rings (SSSR count). The Kier molecular flexibility index (Phi) is 8.29. The summed E-state index contributed by atoms with van der Waals surface area (Å²) in [5.41, 5.74) is 2.41. The van der Waals surface area contributed by atoms with Crippen molar-refractivity contribution in [1.29, 1.82) is 0 Å². The first kappa shape index (κ1) is 24.9. The second kappa shape index (κ2) is 12.0. The van der Waals surface area contributed by atoms with Crippen molar-refractivity contribution in [1.82, 2.24) is 0 Å². The van der Waals surface area contributed by atoms with E-state index in [1.807, 2.05) is 30.3 Å². The molecule has 0 amide bonds. The number of ether oxygens (including phenoxy) is 6. The van der Waals surface area contributed by atoms with Gasteiger partial charge >= 0.3 is 5.97 Å². The largest absolute Gasteiger partial charge is 0.493 e. The fourth-order valence-corrected chi connectivity index (χ4v) is 4.61. The third kappa shape index (κ3) is 7.37. The maximum absolute atomic E-state index is 12.4. The minimum Gasteiger partial charge on any atom is -0.493 e. The molecule has 1 aliphatic carbocycles. The molecule has 36 heavy (non-hydrogen) atoms. The minimum atomic E-state index is -0.195. The van der Waals surface area contributed by atoms with Crippen LogP contribution in [0.15, 0.2) is 42.5 Å². The summed E-state index contributed by atoms with van der Waals surface area (Å²) in [4.78, 5) is 12.4. The summed E-state index contributed by atoms with van der Waals surface area (Å²) in [6, 6.07) is 14.2. The molecule has 7 heteroatoms. The predicted molar refractivity (Wildman–Crippen MR) is 134 cm³/mol. The van der Waals surface area contributed by atoms with Crippen LogP contribution in [0.25, 0.3) is 0 Å². The van der Waals surface area contributed by atoms with E-state index in [2.05, 4.69) is 19.1 Å². The van der Waals surface area contributed by atoms with Crippen LogP contribution in [-0.2, 0) is 25.4 Å². The first-order chi connectivity index (χ1) is 17.7. The molecule has 3 fully saturated rings. The van der Waals surface area contributed by atoms with E-state index in [1.54, 1.807) is 0 Å². The van der Waals surface area contributed by atoms with Crippen LogP contribution in [0.1, 0.15) is 56.1 Å². The van der Waals surface area contributed by atoms with Crippen molar-refractivity contribution in [3.63, 3.8) is 0 Å². The Bertz CT molecular complexity index is 989. The standard InChI is InChI=1S/C29H36O7/c1-2-20-15-25(11-12-28(20)35-19-27-18-34-27)31-14-13-29(30)36-24-9-5-22(6-10-24)21-3-7-23(8-4-21)32-16-26-17-33-26/h3-4,7-8,11-12,15,22,24,26-27H,2,5-6,9-10,13-14,16-19H2,1H3. The number of carbonyl (C=O) groups excluding carboxylic acids is 1. The summed E-state index contributed by atoms with van der Waals surface area (Å²) in [6.07, 6.45) is 5.39. The smallest absolute Gasteiger partial charge is 0.309 e. The maximum Gasteiger partial charge on any atom is 0.309 e. The first-order valence-electron chi connectivity index (χ1n) is 13.2. The van der Waals surface area contributed by atoms with Gasteiger partial charge in [-0.25, -0.2) is 0 Å². The number of hydrogen-bond donors (Lipinski definition) is 0. The molecular formula is C29H36O7. The van der Waals surface area contributed by atoms with Gasteiger partial charge in [-0.05, 0) is 79.5 Å². The van der Waals surface area contributed by atoms with Crippen molar-refractivity contribution in [3.8, 4) is 17.2 Å². The van der Waals surface area contributed by atoms with Gasteiger partial charge in [0.1, 0.15) is 48.8 Å². The van der Waals surface area contributed by atoms with Crippen LogP contribution in [0, 0.1) is 0 Å². The molecule has 2 saturated heterocycles. The summed E-state index contributed by atoms with van der Waals surface area (Å²) in [5, 5.41) is 0. The van der Waals surface area contributed by atoms with E-state index in [1.165, 1.54) is 5.56 Å². The molecule has 2 aromatic rings. The maximum atomic E-state index is 12.4. The Morgan fingerprint density at radius 3 is 2.19 bits per heavy atom. The van der Waals surface area contributed by atoms with Crippen LogP contribution in [0.4, 0.5) is 0 Å². The summed E-state index contributed by atoms with van der Waals surface area (Å²) >= 11 is 0. The number of benzene rings is 2. The lowest BCUT2D eigenvalue weighted by Crippen LogP contribution is -2.24. The van der Waals surface area contributed by atoms with Crippen LogP contribution in [0.3, 0.4) is 0 Å². The fraction of sp³-hybridized carbons (Fsp3) is 0.552. The van der Waals surface area contributed by atoms with E-state index in [9.17, 15) is 4.79 Å². The van der Waals surface area contributed by atoms with Gasteiger partial charge in [0.05, 0.1) is 26.2 Å². The molecule has 0 radical (unpaired) electrons. The van der Waals surface area contributed by atoms with Gasteiger partial charge in [-0.1, -0.05) is 19.1 Å². The van der Waals surface area contributed by atoms with Gasteiger partial charge in [-0.3, -0.25) is 4.79 Å². The van der Waals surface area contributed by atoms with E-state index in [-0.39, 0.29) is 30.7 Å². The zero-order valence-electron chi connectivity index (χ0n) is 21.0. The van der Waals surface area contributed by atoms with Gasteiger partial charge in [0, 0.05) is 0 Å². The van der Waals surface area contributed by atoms with Crippen molar-refractivity contribution in [2.24, 2.45) is 0 Å². The highest BCUT2D eigenvalue weighted by molar-refractivity contribution is 5.69. The molecule has 0 N–H and O–H groups in total. The van der Waals surface area contributed by atoms with E-state index in [4.69, 9.17) is 28.4 Å². The summed E-state index contributed by atoms with van der Waals surface area (Å²) in [6.45, 7) is 5.17. The number of hydrogen-bond acceptors (Lipinski definition) is 7. The molecule has 194 valence electrons. The highest BCUT2D eigenvalue weighted by Crippen LogP contribution is 2.35. The van der Waals surface area contributed by atoms with Crippen molar-refractivity contribution in [2.75, 3.05) is 33.0 Å². The van der Waals surface area contributed by atoms with E-state index in [0.717, 1.165) is 68.1 Å². The molecule has 2 unspecified atom stereocenters. The highest BCUT2D eigenvalue weighted by Gasteiger charge is 2.26. The van der Waals surface area contributed by atoms with Gasteiger partial charge in [0.2, 0.25) is 0 Å². The second-order valence-corrected chi connectivity index (χ2v) is 9.79. The molecule has 2 heterocycles. The summed E-state index contributed by atoms with van der Waals surface area (Å²) in [7, 11) is 0. The third-order valence-electron chi connectivity index (χ3n) is 6.98. The molecular weight excluding hydrogens is 460 g/mol. The van der Waals surface area contributed by atoms with Gasteiger partial charge in [-0.15, -0.1) is 0 Å². The molecule has 3 aliphatic rings. The average molecular weight is 497 g/mol. The Morgan fingerprint density at radius 1 is 0.861 bits per heavy atom. The monoisotopic (exact) mass is 496 g/mol. The van der Waals surface area contributed by atoms with Crippen LogP contribution < -0.4 is 14.2 Å². The summed E-state index contributed by atoms with van der Waals surface area (Å²) in [5.74, 6) is 2.80. The van der Waals surface area contributed by atoms with E-state index >= 15 is 0 Å². The van der Waals surface area contributed by atoms with Crippen LogP contribution in [0.5, 0.6) is 17.2 Å². The SMILES string of the molecule is CCc1cc(OCCC(=O)OC2CCC(c3ccc(OCC4CO4)cc3)CC2)ccc1OCC1CO1. The van der Waals surface area contributed by atoms with Gasteiger partial charge in [0.25, 0.3) is 0 Å². The zero-order chi connectivity index (χ0) is 24.7. The van der Waals surface area contributed by atoms with Crippen molar-refractivity contribution in [3.05, 3.63) is 53.6 Å². The van der Waals surface area contributed by atoms with E-state index in [0.29, 0.717) is 25.7 Å². The van der Waals surface area contributed by atoms with E-state index < -0.39 is 0 Å². The molecule has 0 spiro atoms. The average Bonchev–Trinajstić information content (AvgIpc) is 3.83. The number of rotatable bonds is 13. The van der Waals surface area contributed by atoms with Gasteiger partial charge < -0.3 is 28.4 Å². The first-order valence-corrected chi connectivity index (χ1v) is 13.2. The molecule has 0 bridgehead atoms. The normalized spacial score (nSPS) is 24.6. The molecule has 2 atom stereocenters. The molecule has 2 aliphatic heterocycles. The zero-order valence-corrected chi connectivity index (χ0v) is 21.0. The van der Waals surface area contributed by atoms with Gasteiger partial charge in [-0.2, -0.15) is 0 Å². The Morgan fingerprint density at radius 2 is 1.53 bits per heavy atom. The van der Waals surface area contributed by atoms with Crippen molar-refractivity contribution in [2.45, 2.75) is 69.7 Å². The molecule has 0 aromatic heterocycles. The van der Waals surface area contributed by atoms with Crippen LogP contribution >= 0.6 is 0 Å². The Balaban J connectivity index is 0.992. The number of aryl methyl sites for hydroxylation is 1. The number of carbonyl (C=O) groups is 1. The van der Waals surface area contributed by atoms with Crippen LogP contribution in [0.2, 0.25) is 0 Å². The van der Waals surface area contributed by atoms with Crippen molar-refractivity contribution < 1.29 is 33.2 Å². The molecule has 7 nitrogen and oxygen atoms in total. The topological polar surface area (TPSA) is 79.1 Å². The van der Waals surface area contributed by atoms with Gasteiger partial charge in [0.15, 0.2) is 0 Å². The lowest BCUT2D eigenvalue weighted by atomic mass is 9.83. The summed E-state index contributed by atoms with van der Waals surface area (Å²) < 4.78 is 33.5. The predicted octanol–water partition coefficient (Wildman–Crippen LogP) is 4.84. The quantitative estimate of drug-likeness (QED) is 0.290. The molecule has 2 aromatic carbocycles. The third-order valence-corrected chi connectivity index (χ3v) is 6.98. The number of esters is 1. The highest BCUT2D eigenvalue weighted by atomic mass is 16.6. The van der Waals surface area contributed by atoms with Crippen LogP contribution in [-0.4, -0.2) is 57.3 Å². The minimum absolute atomic E-state index is 0.00604. The molecule has 1 saturated carbocycles. The number of epoxide rings is 2. The lowest BCUT2D eigenvalue weighted by molar-refractivity contribution is -0.151. The Labute approximate surface area is 213 Å².